The summed E-state index contributed by atoms with van der Waals surface area (Å²) < 4.78 is 7.12. The van der Waals surface area contributed by atoms with Gasteiger partial charge in [0.1, 0.15) is 17.9 Å². The fraction of sp³-hybridized carbons (Fsp3) is 0.400. The van der Waals surface area contributed by atoms with E-state index in [1.807, 2.05) is 14.0 Å². The highest BCUT2D eigenvalue weighted by molar-refractivity contribution is 14.0. The predicted molar refractivity (Wildman–Crippen MR) is 131 cm³/mol. The molecule has 162 valence electrons. The number of ether oxygens (including phenoxy) is 1. The highest BCUT2D eigenvalue weighted by Gasteiger charge is 2.07. The number of methoxy groups -OCH3 is 1. The molecule has 0 bridgehead atoms. The molecule has 2 heterocycles. The largest absolute Gasteiger partial charge is 0.496 e. The van der Waals surface area contributed by atoms with Gasteiger partial charge in [-0.1, -0.05) is 12.1 Å². The topological polar surface area (TPSA) is 101 Å². The Hall–Kier alpha value is -2.63. The van der Waals surface area contributed by atoms with E-state index in [9.17, 15) is 0 Å². The van der Waals surface area contributed by atoms with E-state index in [1.165, 1.54) is 5.56 Å². The van der Waals surface area contributed by atoms with Crippen LogP contribution in [0.4, 0.5) is 5.82 Å². The Balaban J connectivity index is 0.00000320. The van der Waals surface area contributed by atoms with Crippen molar-refractivity contribution in [3.8, 4) is 5.75 Å². The quantitative estimate of drug-likeness (QED) is 0.180. The van der Waals surface area contributed by atoms with E-state index in [2.05, 4.69) is 54.2 Å². The first kappa shape index (κ1) is 23.6. The fourth-order valence-electron chi connectivity index (χ4n) is 3.03. The molecule has 0 saturated carbocycles. The van der Waals surface area contributed by atoms with Crippen molar-refractivity contribution in [2.75, 3.05) is 39.1 Å². The van der Waals surface area contributed by atoms with Crippen molar-refractivity contribution in [3.05, 3.63) is 41.9 Å². The molecule has 0 aliphatic carbocycles. The lowest BCUT2D eigenvalue weighted by Gasteiger charge is -2.13. The van der Waals surface area contributed by atoms with E-state index in [4.69, 9.17) is 4.74 Å². The molecule has 10 heteroatoms. The molecule has 2 aromatic heterocycles. The summed E-state index contributed by atoms with van der Waals surface area (Å²) in [6.07, 6.45) is 4.20. The summed E-state index contributed by atoms with van der Waals surface area (Å²) in [5, 5.41) is 15.1. The molecule has 0 fully saturated rings. The third-order valence-electron chi connectivity index (χ3n) is 4.64. The van der Waals surface area contributed by atoms with Gasteiger partial charge in [0.05, 0.1) is 18.7 Å². The van der Waals surface area contributed by atoms with Crippen LogP contribution in [0.1, 0.15) is 11.1 Å². The van der Waals surface area contributed by atoms with Crippen molar-refractivity contribution in [1.29, 1.82) is 0 Å². The summed E-state index contributed by atoms with van der Waals surface area (Å²) in [5.74, 6) is 2.46. The average molecular weight is 524 g/mol. The Labute approximate surface area is 193 Å². The van der Waals surface area contributed by atoms with Gasteiger partial charge in [0.25, 0.3) is 0 Å². The van der Waals surface area contributed by atoms with E-state index >= 15 is 0 Å². The number of guanidine groups is 1. The number of rotatable bonds is 8. The highest BCUT2D eigenvalue weighted by atomic mass is 127. The van der Waals surface area contributed by atoms with Gasteiger partial charge in [-0.15, -0.1) is 24.0 Å². The Bertz CT molecular complexity index is 988. The zero-order valence-corrected chi connectivity index (χ0v) is 20.1. The monoisotopic (exact) mass is 524 g/mol. The molecule has 0 atom stereocenters. The number of hydrogen-bond acceptors (Lipinski definition) is 6. The SMILES string of the molecule is CN=C(NCCNc1ncnc2c1cnn2C)NCCc1ccc(C)c(OC)c1.I. The molecule has 0 unspecified atom stereocenters. The van der Waals surface area contributed by atoms with Gasteiger partial charge in [-0.2, -0.15) is 5.10 Å². The number of aliphatic imine (C=N–C) groups is 1. The van der Waals surface area contributed by atoms with Crippen molar-refractivity contribution in [1.82, 2.24) is 30.4 Å². The van der Waals surface area contributed by atoms with Crippen LogP contribution < -0.4 is 20.7 Å². The number of aryl methyl sites for hydroxylation is 2. The second kappa shape index (κ2) is 11.5. The van der Waals surface area contributed by atoms with Crippen LogP contribution in [-0.4, -0.2) is 59.5 Å². The molecule has 0 radical (unpaired) electrons. The van der Waals surface area contributed by atoms with Gasteiger partial charge in [-0.3, -0.25) is 9.67 Å². The van der Waals surface area contributed by atoms with E-state index in [0.29, 0.717) is 13.1 Å². The van der Waals surface area contributed by atoms with E-state index in [1.54, 1.807) is 31.4 Å². The standard InChI is InChI=1S/C20H28N8O.HI/c1-14-5-6-15(11-17(14)29-4)7-8-23-20(21-2)24-10-9-22-18-16-12-27-28(3)19(16)26-13-25-18;/h5-6,11-13H,7-10H2,1-4H3,(H2,21,23,24)(H,22,25,26);1H. The number of aromatic nitrogens is 4. The summed E-state index contributed by atoms with van der Waals surface area (Å²) >= 11 is 0. The summed E-state index contributed by atoms with van der Waals surface area (Å²) in [4.78, 5) is 12.8. The predicted octanol–water partition coefficient (Wildman–Crippen LogP) is 2.12. The maximum absolute atomic E-state index is 5.39. The Morgan fingerprint density at radius 1 is 1.17 bits per heavy atom. The first-order valence-corrected chi connectivity index (χ1v) is 9.57. The van der Waals surface area contributed by atoms with E-state index in [-0.39, 0.29) is 24.0 Å². The van der Waals surface area contributed by atoms with Crippen LogP contribution in [-0.2, 0) is 13.5 Å². The molecule has 0 spiro atoms. The molecular weight excluding hydrogens is 495 g/mol. The van der Waals surface area contributed by atoms with Crippen molar-refractivity contribution < 1.29 is 4.74 Å². The number of anilines is 1. The van der Waals surface area contributed by atoms with Crippen LogP contribution >= 0.6 is 24.0 Å². The van der Waals surface area contributed by atoms with Crippen LogP contribution in [0.5, 0.6) is 5.75 Å². The summed E-state index contributed by atoms with van der Waals surface area (Å²) in [6, 6.07) is 6.29. The number of nitrogens with zero attached hydrogens (tertiary/aromatic N) is 5. The maximum Gasteiger partial charge on any atom is 0.191 e. The molecule has 3 N–H and O–H groups in total. The lowest BCUT2D eigenvalue weighted by atomic mass is 10.1. The van der Waals surface area contributed by atoms with Crippen LogP contribution in [0.2, 0.25) is 0 Å². The Morgan fingerprint density at radius 2 is 1.97 bits per heavy atom. The molecule has 3 rings (SSSR count). The number of fused-ring (bicyclic) bond motifs is 1. The van der Waals surface area contributed by atoms with Gasteiger partial charge in [0, 0.05) is 33.7 Å². The molecule has 9 nitrogen and oxygen atoms in total. The lowest BCUT2D eigenvalue weighted by molar-refractivity contribution is 0.411. The van der Waals surface area contributed by atoms with Crippen LogP contribution in [0.15, 0.2) is 35.7 Å². The molecular formula is C20H29IN8O. The normalized spacial score (nSPS) is 11.1. The summed E-state index contributed by atoms with van der Waals surface area (Å²) in [5.41, 5.74) is 3.17. The third-order valence-corrected chi connectivity index (χ3v) is 4.64. The summed E-state index contributed by atoms with van der Waals surface area (Å²) in [7, 11) is 5.33. The van der Waals surface area contributed by atoms with Crippen molar-refractivity contribution in [2.24, 2.45) is 12.0 Å². The van der Waals surface area contributed by atoms with Crippen LogP contribution in [0, 0.1) is 6.92 Å². The molecule has 1 aromatic carbocycles. The second-order valence-corrected chi connectivity index (χ2v) is 6.63. The first-order chi connectivity index (χ1) is 14.1. The smallest absolute Gasteiger partial charge is 0.191 e. The minimum atomic E-state index is 0. The third kappa shape index (κ3) is 5.94. The first-order valence-electron chi connectivity index (χ1n) is 9.57. The molecule has 30 heavy (non-hydrogen) atoms. The lowest BCUT2D eigenvalue weighted by Crippen LogP contribution is -2.40. The number of benzene rings is 1. The minimum absolute atomic E-state index is 0. The number of halogens is 1. The zero-order chi connectivity index (χ0) is 20.6. The van der Waals surface area contributed by atoms with Gasteiger partial charge >= 0.3 is 0 Å². The van der Waals surface area contributed by atoms with Gasteiger partial charge in [0.2, 0.25) is 0 Å². The van der Waals surface area contributed by atoms with Gasteiger partial charge in [-0.25, -0.2) is 9.97 Å². The molecule has 3 aromatic rings. The molecule has 0 aliphatic heterocycles. The minimum Gasteiger partial charge on any atom is -0.496 e. The average Bonchev–Trinajstić information content (AvgIpc) is 3.12. The molecule has 0 aliphatic rings. The van der Waals surface area contributed by atoms with E-state index in [0.717, 1.165) is 47.1 Å². The zero-order valence-electron chi connectivity index (χ0n) is 17.8. The van der Waals surface area contributed by atoms with Gasteiger partial charge in [-0.05, 0) is 30.5 Å². The van der Waals surface area contributed by atoms with Crippen molar-refractivity contribution >= 4 is 46.8 Å². The molecule has 0 saturated heterocycles. The summed E-state index contributed by atoms with van der Waals surface area (Å²) in [6.45, 7) is 4.21. The highest BCUT2D eigenvalue weighted by Crippen LogP contribution is 2.19. The van der Waals surface area contributed by atoms with Crippen molar-refractivity contribution in [2.45, 2.75) is 13.3 Å². The van der Waals surface area contributed by atoms with Gasteiger partial charge in [0.15, 0.2) is 11.6 Å². The van der Waals surface area contributed by atoms with Gasteiger partial charge < -0.3 is 20.7 Å². The van der Waals surface area contributed by atoms with Crippen LogP contribution in [0.25, 0.3) is 11.0 Å². The fourth-order valence-corrected chi connectivity index (χ4v) is 3.03. The Morgan fingerprint density at radius 3 is 2.73 bits per heavy atom. The van der Waals surface area contributed by atoms with Crippen LogP contribution in [0.3, 0.4) is 0 Å². The maximum atomic E-state index is 5.39. The number of hydrogen-bond donors (Lipinski definition) is 3. The number of nitrogens with one attached hydrogen (secondary N) is 3. The van der Waals surface area contributed by atoms with E-state index < -0.39 is 0 Å². The van der Waals surface area contributed by atoms with Crippen molar-refractivity contribution in [3.63, 3.8) is 0 Å². The second-order valence-electron chi connectivity index (χ2n) is 6.63. The molecule has 0 amide bonds. The Kier molecular flexibility index (Phi) is 9.09.